The van der Waals surface area contributed by atoms with Crippen LogP contribution < -0.4 is 10.6 Å². The van der Waals surface area contributed by atoms with E-state index in [1.165, 1.54) is 32.8 Å². The average Bonchev–Trinajstić information content (AvgIpc) is 2.43. The molecule has 0 fully saturated rings. The Bertz CT molecular complexity index is 259. The van der Waals surface area contributed by atoms with Crippen molar-refractivity contribution in [2.75, 3.05) is 20.3 Å². The first-order valence-electron chi connectivity index (χ1n) is 6.88. The fourth-order valence-electron chi connectivity index (χ4n) is 1.64. The number of ether oxygens (including phenoxy) is 1. The molecule has 6 nitrogen and oxygen atoms in total. The van der Waals surface area contributed by atoms with Crippen molar-refractivity contribution in [1.82, 2.24) is 10.6 Å². The molecule has 0 saturated heterocycles. The zero-order valence-electron chi connectivity index (χ0n) is 11.9. The minimum atomic E-state index is -0.951. The predicted molar refractivity (Wildman–Crippen MR) is 72.8 cm³/mol. The molecule has 0 aromatic heterocycles. The molecule has 6 heteroatoms. The van der Waals surface area contributed by atoms with Gasteiger partial charge in [0.15, 0.2) is 0 Å². The van der Waals surface area contributed by atoms with Crippen LogP contribution in [0.3, 0.4) is 0 Å². The highest BCUT2D eigenvalue weighted by molar-refractivity contribution is 5.85. The number of amides is 2. The van der Waals surface area contributed by atoms with Crippen LogP contribution in [0.2, 0.25) is 0 Å². The lowest BCUT2D eigenvalue weighted by Crippen LogP contribution is -2.49. The van der Waals surface area contributed by atoms with Crippen molar-refractivity contribution in [2.45, 2.75) is 51.5 Å². The third kappa shape index (κ3) is 9.30. The number of hydrogen-bond acceptors (Lipinski definition) is 4. The summed E-state index contributed by atoms with van der Waals surface area (Å²) in [6.07, 6.45) is 6.13. The molecule has 0 aliphatic heterocycles. The molecular weight excluding hydrogens is 248 g/mol. The van der Waals surface area contributed by atoms with Crippen LogP contribution in [0.1, 0.15) is 45.4 Å². The Morgan fingerprint density at radius 2 is 1.79 bits per heavy atom. The van der Waals surface area contributed by atoms with E-state index in [4.69, 9.17) is 5.11 Å². The van der Waals surface area contributed by atoms with Crippen molar-refractivity contribution in [3.05, 3.63) is 0 Å². The Morgan fingerprint density at radius 1 is 1.16 bits per heavy atom. The standard InChI is InChI=1S/C13H26N2O4/c1-3-4-5-6-7-8-9-14-12(17)11(10-16)15-13(18)19-2/h11,16H,3-10H2,1-2H3,(H,14,17)(H,15,18)/t11-/m0/s1. The summed E-state index contributed by atoms with van der Waals surface area (Å²) in [6, 6.07) is -0.951. The van der Waals surface area contributed by atoms with E-state index >= 15 is 0 Å². The number of methoxy groups -OCH3 is 1. The minimum Gasteiger partial charge on any atom is -0.453 e. The summed E-state index contributed by atoms with van der Waals surface area (Å²) in [4.78, 5) is 22.6. The summed E-state index contributed by atoms with van der Waals surface area (Å²) in [7, 11) is 1.21. The Kier molecular flexibility index (Phi) is 11.0. The number of aliphatic hydroxyl groups is 1. The third-order valence-electron chi connectivity index (χ3n) is 2.81. The monoisotopic (exact) mass is 274 g/mol. The zero-order chi connectivity index (χ0) is 14.5. The first-order valence-corrected chi connectivity index (χ1v) is 6.88. The number of hydrogen-bond donors (Lipinski definition) is 3. The van der Waals surface area contributed by atoms with Gasteiger partial charge in [0.25, 0.3) is 0 Å². The second-order valence-electron chi connectivity index (χ2n) is 4.43. The van der Waals surface area contributed by atoms with Gasteiger partial charge in [-0.25, -0.2) is 4.79 Å². The lowest BCUT2D eigenvalue weighted by Gasteiger charge is -2.15. The minimum absolute atomic E-state index is 0.388. The van der Waals surface area contributed by atoms with E-state index in [9.17, 15) is 9.59 Å². The van der Waals surface area contributed by atoms with Crippen LogP contribution in [-0.4, -0.2) is 43.4 Å². The molecule has 0 rings (SSSR count). The first kappa shape index (κ1) is 17.7. The van der Waals surface area contributed by atoms with Crippen LogP contribution >= 0.6 is 0 Å². The molecule has 1 atom stereocenters. The summed E-state index contributed by atoms with van der Waals surface area (Å²) >= 11 is 0. The normalized spacial score (nSPS) is 11.7. The van der Waals surface area contributed by atoms with Gasteiger partial charge >= 0.3 is 6.09 Å². The van der Waals surface area contributed by atoms with E-state index in [0.717, 1.165) is 12.8 Å². The number of carbonyl (C=O) groups is 2. The molecule has 0 aromatic rings. The van der Waals surface area contributed by atoms with Crippen LogP contribution in [0.4, 0.5) is 4.79 Å². The van der Waals surface area contributed by atoms with E-state index in [1.807, 2.05) is 0 Å². The maximum absolute atomic E-state index is 11.6. The van der Waals surface area contributed by atoms with Crippen molar-refractivity contribution in [3.63, 3.8) is 0 Å². The molecule has 0 aliphatic carbocycles. The highest BCUT2D eigenvalue weighted by Crippen LogP contribution is 2.04. The first-order chi connectivity index (χ1) is 9.15. The van der Waals surface area contributed by atoms with Crippen molar-refractivity contribution >= 4 is 12.0 Å². The van der Waals surface area contributed by atoms with Crippen molar-refractivity contribution < 1.29 is 19.4 Å². The Morgan fingerprint density at radius 3 is 2.37 bits per heavy atom. The fourth-order valence-corrected chi connectivity index (χ4v) is 1.64. The number of nitrogens with one attached hydrogen (secondary N) is 2. The smallest absolute Gasteiger partial charge is 0.407 e. The van der Waals surface area contributed by atoms with E-state index in [0.29, 0.717) is 6.54 Å². The molecule has 0 heterocycles. The molecule has 0 aromatic carbocycles. The lowest BCUT2D eigenvalue weighted by molar-refractivity contribution is -0.123. The largest absolute Gasteiger partial charge is 0.453 e. The van der Waals surface area contributed by atoms with Crippen LogP contribution in [0, 0.1) is 0 Å². The number of alkyl carbamates (subject to hydrolysis) is 1. The molecular formula is C13H26N2O4. The fraction of sp³-hybridized carbons (Fsp3) is 0.846. The third-order valence-corrected chi connectivity index (χ3v) is 2.81. The van der Waals surface area contributed by atoms with E-state index < -0.39 is 18.7 Å². The molecule has 3 N–H and O–H groups in total. The van der Waals surface area contributed by atoms with Gasteiger partial charge in [-0.3, -0.25) is 4.79 Å². The number of aliphatic hydroxyl groups excluding tert-OH is 1. The average molecular weight is 274 g/mol. The molecule has 0 radical (unpaired) electrons. The Hall–Kier alpha value is -1.30. The Labute approximate surface area is 114 Å². The van der Waals surface area contributed by atoms with E-state index in [-0.39, 0.29) is 5.91 Å². The maximum atomic E-state index is 11.6. The SMILES string of the molecule is CCCCCCCCNC(=O)[C@H](CO)NC(=O)OC. The van der Waals surface area contributed by atoms with Gasteiger partial charge in [0.2, 0.25) is 5.91 Å². The van der Waals surface area contributed by atoms with Gasteiger partial charge in [-0.1, -0.05) is 39.0 Å². The quantitative estimate of drug-likeness (QED) is 0.522. The molecule has 19 heavy (non-hydrogen) atoms. The van der Waals surface area contributed by atoms with Gasteiger partial charge in [0.1, 0.15) is 6.04 Å². The topological polar surface area (TPSA) is 87.7 Å². The van der Waals surface area contributed by atoms with Crippen LogP contribution in [0.25, 0.3) is 0 Å². The van der Waals surface area contributed by atoms with Gasteiger partial charge in [-0.15, -0.1) is 0 Å². The highest BCUT2D eigenvalue weighted by atomic mass is 16.5. The van der Waals surface area contributed by atoms with Crippen molar-refractivity contribution in [3.8, 4) is 0 Å². The van der Waals surface area contributed by atoms with Crippen LogP contribution in [-0.2, 0) is 9.53 Å². The summed E-state index contributed by atoms with van der Waals surface area (Å²) in [6.45, 7) is 2.28. The summed E-state index contributed by atoms with van der Waals surface area (Å²) in [5.41, 5.74) is 0. The molecule has 0 saturated carbocycles. The predicted octanol–water partition coefficient (Wildman–Crippen LogP) is 1.18. The molecule has 2 amide bonds. The van der Waals surface area contributed by atoms with Gasteiger partial charge in [-0.05, 0) is 6.42 Å². The second kappa shape index (κ2) is 11.8. The maximum Gasteiger partial charge on any atom is 0.407 e. The zero-order valence-corrected chi connectivity index (χ0v) is 11.9. The summed E-state index contributed by atoms with van der Waals surface area (Å²) in [5, 5.41) is 14.0. The van der Waals surface area contributed by atoms with Crippen molar-refractivity contribution in [2.24, 2.45) is 0 Å². The van der Waals surface area contributed by atoms with Crippen LogP contribution in [0.15, 0.2) is 0 Å². The Balaban J connectivity index is 3.67. The lowest BCUT2D eigenvalue weighted by atomic mass is 10.1. The number of unbranched alkanes of at least 4 members (excludes halogenated alkanes) is 5. The summed E-state index contributed by atoms with van der Waals surface area (Å²) in [5.74, 6) is -0.388. The molecule has 0 unspecified atom stereocenters. The van der Waals surface area contributed by atoms with Gasteiger partial charge in [0, 0.05) is 6.54 Å². The van der Waals surface area contributed by atoms with Gasteiger partial charge in [0.05, 0.1) is 13.7 Å². The van der Waals surface area contributed by atoms with Crippen LogP contribution in [0.5, 0.6) is 0 Å². The van der Waals surface area contributed by atoms with E-state index in [1.54, 1.807) is 0 Å². The molecule has 0 aliphatic rings. The highest BCUT2D eigenvalue weighted by Gasteiger charge is 2.19. The van der Waals surface area contributed by atoms with E-state index in [2.05, 4.69) is 22.3 Å². The molecule has 0 spiro atoms. The van der Waals surface area contributed by atoms with Gasteiger partial charge < -0.3 is 20.5 Å². The number of rotatable bonds is 10. The molecule has 112 valence electrons. The van der Waals surface area contributed by atoms with Crippen molar-refractivity contribution in [1.29, 1.82) is 0 Å². The second-order valence-corrected chi connectivity index (χ2v) is 4.43. The number of carbonyl (C=O) groups excluding carboxylic acids is 2. The summed E-state index contributed by atoms with van der Waals surface area (Å²) < 4.78 is 4.37. The molecule has 0 bridgehead atoms. The van der Waals surface area contributed by atoms with Gasteiger partial charge in [-0.2, -0.15) is 0 Å².